The van der Waals surface area contributed by atoms with Gasteiger partial charge in [-0.1, -0.05) is 51.0 Å². The summed E-state index contributed by atoms with van der Waals surface area (Å²) in [4.78, 5) is 8.37. The molecule has 1 aromatic heterocycles. The third-order valence-corrected chi connectivity index (χ3v) is 3.76. The van der Waals surface area contributed by atoms with Gasteiger partial charge in [-0.05, 0) is 36.8 Å². The highest BCUT2D eigenvalue weighted by Gasteiger charge is 2.05. The fourth-order valence-electron chi connectivity index (χ4n) is 2.35. The van der Waals surface area contributed by atoms with Crippen molar-refractivity contribution in [3.63, 3.8) is 0 Å². The van der Waals surface area contributed by atoms with Crippen LogP contribution >= 0.6 is 0 Å². The van der Waals surface area contributed by atoms with Gasteiger partial charge in [0.25, 0.3) is 0 Å². The summed E-state index contributed by atoms with van der Waals surface area (Å²) in [5, 5.41) is 0. The average molecular weight is 298 g/mol. The number of aromatic nitrogens is 2. The molecule has 3 heteroatoms. The molecule has 118 valence electrons. The Morgan fingerprint density at radius 3 is 2.32 bits per heavy atom. The molecule has 0 aliphatic carbocycles. The van der Waals surface area contributed by atoms with E-state index in [-0.39, 0.29) is 0 Å². The normalized spacial score (nSPS) is 10.6. The second-order valence-corrected chi connectivity index (χ2v) is 5.67. The molecule has 0 aliphatic heterocycles. The van der Waals surface area contributed by atoms with Gasteiger partial charge in [0, 0.05) is 11.8 Å². The first kappa shape index (κ1) is 16.5. The Hall–Kier alpha value is -1.90. The standard InChI is InChI=1S/C19H26N2O/c1-3-5-7-16-9-11-17(12-10-16)14-22-19-18(8-6-4-2)13-20-15-21-19/h9-13,15H,3-8,14H2,1-2H3. The molecule has 0 saturated carbocycles. The van der Waals surface area contributed by atoms with Gasteiger partial charge in [-0.3, -0.25) is 0 Å². The molecule has 0 spiro atoms. The third kappa shape index (κ3) is 5.14. The van der Waals surface area contributed by atoms with Crippen LogP contribution in [-0.2, 0) is 19.4 Å². The summed E-state index contributed by atoms with van der Waals surface area (Å²) in [7, 11) is 0. The largest absolute Gasteiger partial charge is 0.473 e. The Labute approximate surface area is 133 Å². The lowest BCUT2D eigenvalue weighted by Crippen LogP contribution is -2.02. The Morgan fingerprint density at radius 2 is 1.59 bits per heavy atom. The Bertz CT molecular complexity index is 552. The highest BCUT2D eigenvalue weighted by molar-refractivity contribution is 5.25. The number of hydrogen-bond acceptors (Lipinski definition) is 3. The maximum absolute atomic E-state index is 5.89. The molecule has 22 heavy (non-hydrogen) atoms. The molecule has 2 aromatic rings. The van der Waals surface area contributed by atoms with E-state index in [1.807, 2.05) is 6.20 Å². The summed E-state index contributed by atoms with van der Waals surface area (Å²) < 4.78 is 5.89. The zero-order chi connectivity index (χ0) is 15.6. The van der Waals surface area contributed by atoms with Crippen LogP contribution in [0, 0.1) is 0 Å². The number of ether oxygens (including phenoxy) is 1. The van der Waals surface area contributed by atoms with Crippen molar-refractivity contribution >= 4 is 0 Å². The second-order valence-electron chi connectivity index (χ2n) is 5.67. The molecule has 1 aromatic carbocycles. The minimum Gasteiger partial charge on any atom is -0.473 e. The van der Waals surface area contributed by atoms with Crippen LogP contribution in [0.1, 0.15) is 56.2 Å². The zero-order valence-electron chi connectivity index (χ0n) is 13.7. The average Bonchev–Trinajstić information content (AvgIpc) is 2.58. The predicted octanol–water partition coefficient (Wildman–Crippen LogP) is 4.74. The summed E-state index contributed by atoms with van der Waals surface area (Å²) >= 11 is 0. The van der Waals surface area contributed by atoms with Crippen molar-refractivity contribution in [2.45, 2.75) is 59.0 Å². The van der Waals surface area contributed by atoms with Crippen LogP contribution in [0.2, 0.25) is 0 Å². The van der Waals surface area contributed by atoms with Gasteiger partial charge in [-0.25, -0.2) is 9.97 Å². The van der Waals surface area contributed by atoms with Crippen molar-refractivity contribution < 1.29 is 4.74 Å². The zero-order valence-corrected chi connectivity index (χ0v) is 13.7. The van der Waals surface area contributed by atoms with Crippen molar-refractivity contribution in [2.75, 3.05) is 0 Å². The Morgan fingerprint density at radius 1 is 0.909 bits per heavy atom. The molecule has 0 bridgehead atoms. The molecule has 0 radical (unpaired) electrons. The van der Waals surface area contributed by atoms with Crippen molar-refractivity contribution in [1.29, 1.82) is 0 Å². The number of nitrogens with zero attached hydrogens (tertiary/aromatic N) is 2. The van der Waals surface area contributed by atoms with E-state index >= 15 is 0 Å². The van der Waals surface area contributed by atoms with E-state index in [0.717, 1.165) is 37.1 Å². The number of unbranched alkanes of at least 4 members (excludes halogenated alkanes) is 2. The lowest BCUT2D eigenvalue weighted by Gasteiger charge is -2.10. The van der Waals surface area contributed by atoms with Crippen molar-refractivity contribution in [2.24, 2.45) is 0 Å². The van der Waals surface area contributed by atoms with Crippen LogP contribution < -0.4 is 4.74 Å². The van der Waals surface area contributed by atoms with E-state index in [2.05, 4.69) is 48.1 Å². The van der Waals surface area contributed by atoms with E-state index in [9.17, 15) is 0 Å². The molecule has 0 fully saturated rings. The fraction of sp³-hybridized carbons (Fsp3) is 0.474. The van der Waals surface area contributed by atoms with E-state index in [1.54, 1.807) is 6.33 Å². The fourth-order valence-corrected chi connectivity index (χ4v) is 2.35. The lowest BCUT2D eigenvalue weighted by molar-refractivity contribution is 0.289. The molecule has 3 nitrogen and oxygen atoms in total. The molecule has 2 rings (SSSR count). The maximum atomic E-state index is 5.89. The number of hydrogen-bond donors (Lipinski definition) is 0. The van der Waals surface area contributed by atoms with Gasteiger partial charge < -0.3 is 4.74 Å². The quantitative estimate of drug-likeness (QED) is 0.670. The lowest BCUT2D eigenvalue weighted by atomic mass is 10.1. The van der Waals surface area contributed by atoms with Gasteiger partial charge in [0.15, 0.2) is 0 Å². The van der Waals surface area contributed by atoms with E-state index in [4.69, 9.17) is 4.74 Å². The topological polar surface area (TPSA) is 35.0 Å². The molecule has 0 amide bonds. The highest BCUT2D eigenvalue weighted by atomic mass is 16.5. The van der Waals surface area contributed by atoms with Gasteiger partial charge >= 0.3 is 0 Å². The second kappa shape index (κ2) is 9.19. The summed E-state index contributed by atoms with van der Waals surface area (Å²) in [6.07, 6.45) is 10.3. The smallest absolute Gasteiger partial charge is 0.219 e. The van der Waals surface area contributed by atoms with Gasteiger partial charge in [0.05, 0.1) is 0 Å². The van der Waals surface area contributed by atoms with Crippen molar-refractivity contribution in [3.8, 4) is 5.88 Å². The minimum absolute atomic E-state index is 0.560. The van der Waals surface area contributed by atoms with Crippen molar-refractivity contribution in [3.05, 3.63) is 53.5 Å². The van der Waals surface area contributed by atoms with Crippen LogP contribution in [0.25, 0.3) is 0 Å². The van der Waals surface area contributed by atoms with E-state index in [0.29, 0.717) is 6.61 Å². The molecule has 1 heterocycles. The summed E-state index contributed by atoms with van der Waals surface area (Å²) in [5.74, 6) is 0.721. The van der Waals surface area contributed by atoms with Crippen LogP contribution in [0.3, 0.4) is 0 Å². The Balaban J connectivity index is 1.92. The highest BCUT2D eigenvalue weighted by Crippen LogP contribution is 2.17. The first-order valence-corrected chi connectivity index (χ1v) is 8.33. The van der Waals surface area contributed by atoms with Gasteiger partial charge in [0.1, 0.15) is 12.9 Å². The molecule has 0 N–H and O–H groups in total. The molecule has 0 aliphatic rings. The number of benzene rings is 1. The summed E-state index contributed by atoms with van der Waals surface area (Å²) in [6.45, 7) is 4.97. The van der Waals surface area contributed by atoms with Crippen LogP contribution in [-0.4, -0.2) is 9.97 Å². The van der Waals surface area contributed by atoms with E-state index in [1.165, 1.54) is 24.0 Å². The van der Waals surface area contributed by atoms with Crippen LogP contribution in [0.5, 0.6) is 5.88 Å². The first-order valence-electron chi connectivity index (χ1n) is 8.33. The minimum atomic E-state index is 0.560. The van der Waals surface area contributed by atoms with Gasteiger partial charge in [-0.2, -0.15) is 0 Å². The maximum Gasteiger partial charge on any atom is 0.219 e. The SMILES string of the molecule is CCCCc1ccc(COc2ncncc2CCCC)cc1. The van der Waals surface area contributed by atoms with Crippen LogP contribution in [0.4, 0.5) is 0 Å². The molecule has 0 unspecified atom stereocenters. The van der Waals surface area contributed by atoms with E-state index < -0.39 is 0 Å². The Kier molecular flexibility index (Phi) is 6.88. The third-order valence-electron chi connectivity index (χ3n) is 3.76. The van der Waals surface area contributed by atoms with Crippen molar-refractivity contribution in [1.82, 2.24) is 9.97 Å². The number of rotatable bonds is 9. The molecule has 0 saturated heterocycles. The summed E-state index contributed by atoms with van der Waals surface area (Å²) in [5.41, 5.74) is 3.68. The van der Waals surface area contributed by atoms with Gasteiger partial charge in [0.2, 0.25) is 5.88 Å². The predicted molar refractivity (Wildman–Crippen MR) is 90.0 cm³/mol. The monoisotopic (exact) mass is 298 g/mol. The molecular formula is C19H26N2O. The number of aryl methyl sites for hydroxylation is 2. The van der Waals surface area contributed by atoms with Crippen LogP contribution in [0.15, 0.2) is 36.8 Å². The molecular weight excluding hydrogens is 272 g/mol. The van der Waals surface area contributed by atoms with Gasteiger partial charge in [-0.15, -0.1) is 0 Å². The first-order chi connectivity index (χ1) is 10.8. The summed E-state index contributed by atoms with van der Waals surface area (Å²) in [6, 6.07) is 8.70. The molecule has 0 atom stereocenters.